The molecule has 2 aromatic carbocycles. The van der Waals surface area contributed by atoms with Crippen molar-refractivity contribution in [2.45, 2.75) is 52.2 Å². The summed E-state index contributed by atoms with van der Waals surface area (Å²) in [6.45, 7) is 9.68. The summed E-state index contributed by atoms with van der Waals surface area (Å²) in [4.78, 5) is 35.0. The Labute approximate surface area is 228 Å². The Morgan fingerprint density at radius 1 is 1.00 bits per heavy atom. The third-order valence-corrected chi connectivity index (χ3v) is 6.43. The molecule has 1 N–H and O–H groups in total. The van der Waals surface area contributed by atoms with Gasteiger partial charge in [-0.25, -0.2) is 9.18 Å². The predicted molar refractivity (Wildman–Crippen MR) is 135 cm³/mol. The molecule has 0 unspecified atom stereocenters. The van der Waals surface area contributed by atoms with Crippen LogP contribution < -0.4 is 22.3 Å². The van der Waals surface area contributed by atoms with Crippen LogP contribution in [0.2, 0.25) is 0 Å². The quantitative estimate of drug-likeness (QED) is 0.334. The standard InChI is InChI=1S/C17H21FNO3.C11H15NO2.BrH/c1-12(20)22-17-11-19(8-6-13(17)7-9-19)10-16(21)14-4-2-3-5-15(14)18;1-11(2,3)14-10(13)12-9-7-5-4-6-8-9;/h2-5,13,17H,6-11H2,1H3;4-8H,1-3H3,(H,12,13);1H/q+1;;/p-1/t13?,17-,19?;;/m0../s1. The average molecular weight is 580 g/mol. The van der Waals surface area contributed by atoms with Gasteiger partial charge in [-0.2, -0.15) is 0 Å². The lowest BCUT2D eigenvalue weighted by Crippen LogP contribution is -3.00. The highest BCUT2D eigenvalue weighted by Crippen LogP contribution is 2.35. The molecule has 3 saturated heterocycles. The van der Waals surface area contributed by atoms with Crippen LogP contribution in [0, 0.1) is 11.7 Å². The number of anilines is 1. The Kier molecular flexibility index (Phi) is 10.8. The van der Waals surface area contributed by atoms with Gasteiger partial charge in [-0.15, -0.1) is 0 Å². The first kappa shape index (κ1) is 30.4. The summed E-state index contributed by atoms with van der Waals surface area (Å²) in [5, 5.41) is 2.64. The number of para-hydroxylation sites is 1. The fraction of sp³-hybridized carbons (Fsp3) is 0.464. The van der Waals surface area contributed by atoms with Gasteiger partial charge in [0.15, 0.2) is 6.10 Å². The molecule has 5 rings (SSSR count). The molecule has 0 spiro atoms. The molecule has 7 nitrogen and oxygen atoms in total. The van der Waals surface area contributed by atoms with Gasteiger partial charge in [0.1, 0.15) is 24.5 Å². The molecule has 0 radical (unpaired) electrons. The van der Waals surface area contributed by atoms with E-state index < -0.39 is 17.5 Å². The van der Waals surface area contributed by atoms with Crippen LogP contribution >= 0.6 is 0 Å². The molecule has 202 valence electrons. The number of rotatable bonds is 5. The minimum absolute atomic E-state index is 0. The molecule has 9 heteroatoms. The highest BCUT2D eigenvalue weighted by atomic mass is 79.9. The molecule has 2 bridgehead atoms. The van der Waals surface area contributed by atoms with Crippen molar-refractivity contribution in [1.82, 2.24) is 0 Å². The average Bonchev–Trinajstić information content (AvgIpc) is 2.79. The van der Waals surface area contributed by atoms with Crippen LogP contribution in [0.15, 0.2) is 54.6 Å². The zero-order valence-electron chi connectivity index (χ0n) is 21.8. The first-order chi connectivity index (χ1) is 17.0. The Balaban J connectivity index is 0.000000280. The van der Waals surface area contributed by atoms with E-state index in [-0.39, 0.29) is 46.9 Å². The van der Waals surface area contributed by atoms with Gasteiger partial charge in [0.05, 0.1) is 18.7 Å². The van der Waals surface area contributed by atoms with Crippen molar-refractivity contribution in [3.05, 3.63) is 66.0 Å². The van der Waals surface area contributed by atoms with E-state index in [0.717, 1.165) is 31.6 Å². The van der Waals surface area contributed by atoms with Crippen LogP contribution in [0.25, 0.3) is 0 Å². The second-order valence-corrected chi connectivity index (χ2v) is 10.5. The Morgan fingerprint density at radius 2 is 1.59 bits per heavy atom. The second-order valence-electron chi connectivity index (χ2n) is 10.5. The number of carbonyl (C=O) groups is 3. The molecular weight excluding hydrogens is 543 g/mol. The zero-order valence-corrected chi connectivity index (χ0v) is 23.4. The molecular formula is C28H36BrFN2O5. The molecule has 3 heterocycles. The van der Waals surface area contributed by atoms with Gasteiger partial charge < -0.3 is 30.9 Å². The number of esters is 1. The zero-order chi connectivity index (χ0) is 26.3. The third-order valence-electron chi connectivity index (χ3n) is 6.43. The van der Waals surface area contributed by atoms with E-state index in [1.54, 1.807) is 12.1 Å². The summed E-state index contributed by atoms with van der Waals surface area (Å²) in [5.74, 6) is -0.487. The number of Topliss-reactive ketones (excluding diaryl/α,β-unsaturated/α-hetero) is 1. The Hall–Kier alpha value is -2.78. The van der Waals surface area contributed by atoms with Gasteiger partial charge >= 0.3 is 12.1 Å². The second kappa shape index (κ2) is 13.1. The first-order valence-corrected chi connectivity index (χ1v) is 12.3. The first-order valence-electron chi connectivity index (χ1n) is 12.3. The van der Waals surface area contributed by atoms with Crippen LogP contribution in [0.3, 0.4) is 0 Å². The van der Waals surface area contributed by atoms with Crippen LogP contribution in [0.5, 0.6) is 0 Å². The van der Waals surface area contributed by atoms with Crippen LogP contribution in [-0.4, -0.2) is 60.2 Å². The van der Waals surface area contributed by atoms with Crippen molar-refractivity contribution in [2.75, 3.05) is 31.5 Å². The van der Waals surface area contributed by atoms with E-state index in [1.165, 1.54) is 19.1 Å². The summed E-state index contributed by atoms with van der Waals surface area (Å²) in [5.41, 5.74) is 0.437. The number of halogens is 2. The molecule has 1 amide bonds. The predicted octanol–water partition coefficient (Wildman–Crippen LogP) is 2.22. The maximum atomic E-state index is 13.8. The fourth-order valence-electron chi connectivity index (χ4n) is 4.81. The largest absolute Gasteiger partial charge is 1.00 e. The van der Waals surface area contributed by atoms with Gasteiger partial charge in [-0.1, -0.05) is 30.3 Å². The van der Waals surface area contributed by atoms with E-state index in [2.05, 4.69) is 5.32 Å². The highest BCUT2D eigenvalue weighted by Gasteiger charge is 2.48. The van der Waals surface area contributed by atoms with Crippen LogP contribution in [0.1, 0.15) is 50.9 Å². The number of hydrogen-bond acceptors (Lipinski definition) is 5. The van der Waals surface area contributed by atoms with Gasteiger partial charge in [-0.05, 0) is 45.0 Å². The van der Waals surface area contributed by atoms with Gasteiger partial charge in [0.2, 0.25) is 5.78 Å². The Morgan fingerprint density at radius 3 is 2.16 bits per heavy atom. The summed E-state index contributed by atoms with van der Waals surface area (Å²) >= 11 is 0. The number of nitrogens with one attached hydrogen (secondary N) is 1. The van der Waals surface area contributed by atoms with Crippen LogP contribution in [0.4, 0.5) is 14.9 Å². The van der Waals surface area contributed by atoms with E-state index in [4.69, 9.17) is 9.47 Å². The number of benzene rings is 2. The number of piperidine rings is 3. The maximum absolute atomic E-state index is 13.8. The molecule has 0 aromatic heterocycles. The van der Waals surface area contributed by atoms with Crippen LogP contribution in [-0.2, 0) is 14.3 Å². The van der Waals surface area contributed by atoms with Crippen molar-refractivity contribution in [3.63, 3.8) is 0 Å². The van der Waals surface area contributed by atoms with Crippen molar-refractivity contribution in [3.8, 4) is 0 Å². The van der Waals surface area contributed by atoms with Gasteiger partial charge in [-0.3, -0.25) is 14.9 Å². The maximum Gasteiger partial charge on any atom is 0.412 e. The van der Waals surface area contributed by atoms with Crippen molar-refractivity contribution < 1.29 is 49.7 Å². The van der Waals surface area contributed by atoms with E-state index in [0.29, 0.717) is 16.9 Å². The molecule has 3 aliphatic heterocycles. The monoisotopic (exact) mass is 578 g/mol. The summed E-state index contributed by atoms with van der Waals surface area (Å²) in [6, 6.07) is 15.3. The number of quaternary nitrogens is 1. The Bertz CT molecular complexity index is 1070. The number of ketones is 1. The van der Waals surface area contributed by atoms with E-state index in [9.17, 15) is 18.8 Å². The van der Waals surface area contributed by atoms with Crippen molar-refractivity contribution in [2.24, 2.45) is 5.92 Å². The fourth-order valence-corrected chi connectivity index (χ4v) is 4.81. The van der Waals surface area contributed by atoms with E-state index >= 15 is 0 Å². The number of nitrogens with zero attached hydrogens (tertiary/aromatic N) is 1. The van der Waals surface area contributed by atoms with E-state index in [1.807, 2.05) is 51.1 Å². The lowest BCUT2D eigenvalue weighted by Gasteiger charge is -2.51. The van der Waals surface area contributed by atoms with Crippen molar-refractivity contribution >= 4 is 23.5 Å². The highest BCUT2D eigenvalue weighted by molar-refractivity contribution is 5.97. The molecule has 0 saturated carbocycles. The minimum Gasteiger partial charge on any atom is -1.00 e. The summed E-state index contributed by atoms with van der Waals surface area (Å²) < 4.78 is 24.9. The van der Waals surface area contributed by atoms with Crippen molar-refractivity contribution in [1.29, 1.82) is 0 Å². The SMILES string of the molecule is CC(=O)O[C@H]1C[N+]2(CC(=O)c3ccccc3F)CCC1CC2.CC(C)(C)OC(=O)Nc1ccccc1.[Br-]. The lowest BCUT2D eigenvalue weighted by atomic mass is 9.83. The molecule has 1 atom stereocenters. The summed E-state index contributed by atoms with van der Waals surface area (Å²) in [6.07, 6.45) is 1.39. The molecule has 3 aliphatic rings. The topological polar surface area (TPSA) is 81.7 Å². The molecule has 37 heavy (non-hydrogen) atoms. The molecule has 2 aromatic rings. The third kappa shape index (κ3) is 9.23. The van der Waals surface area contributed by atoms with Gasteiger partial charge in [0, 0.05) is 31.4 Å². The number of fused-ring (bicyclic) bond motifs is 3. The van der Waals surface area contributed by atoms with Gasteiger partial charge in [0.25, 0.3) is 0 Å². The number of carbonyl (C=O) groups excluding carboxylic acids is 3. The number of amides is 1. The number of ether oxygens (including phenoxy) is 2. The lowest BCUT2D eigenvalue weighted by molar-refractivity contribution is -0.938. The minimum atomic E-state index is -0.464. The normalized spacial score (nSPS) is 22.0. The molecule has 0 aliphatic carbocycles. The smallest absolute Gasteiger partial charge is 0.412 e. The summed E-state index contributed by atoms with van der Waals surface area (Å²) in [7, 11) is 0. The number of hydrogen-bond donors (Lipinski definition) is 1. The molecule has 3 fully saturated rings.